The van der Waals surface area contributed by atoms with Gasteiger partial charge in [-0.1, -0.05) is 32.1 Å². The molecule has 1 heterocycles. The second-order valence-electron chi connectivity index (χ2n) is 6.54. The smallest absolute Gasteiger partial charge is 0.318 e. The summed E-state index contributed by atoms with van der Waals surface area (Å²) >= 11 is 0. The first-order valence-electron chi connectivity index (χ1n) is 8.09. The highest BCUT2D eigenvalue weighted by Gasteiger charge is 2.42. The molecule has 0 unspecified atom stereocenters. The molecule has 2 N–H and O–H groups in total. The second kappa shape index (κ2) is 5.70. The lowest BCUT2D eigenvalue weighted by atomic mass is 9.79. The number of carbonyl (C=O) groups excluding carboxylic acids is 1. The van der Waals surface area contributed by atoms with Gasteiger partial charge in [0, 0.05) is 25.7 Å². The van der Waals surface area contributed by atoms with Crippen molar-refractivity contribution in [2.24, 2.45) is 0 Å². The Bertz CT molecular complexity index is 311. The predicted molar refractivity (Wildman–Crippen MR) is 76.2 cm³/mol. The summed E-state index contributed by atoms with van der Waals surface area (Å²) in [5, 5.41) is 6.78. The SMILES string of the molecule is O=C(NC1CCCC1)N1CCNCC12CCCCC2. The zero-order chi connectivity index (χ0) is 13.1. The number of hydrogen-bond acceptors (Lipinski definition) is 2. The van der Waals surface area contributed by atoms with Crippen molar-refractivity contribution in [2.75, 3.05) is 19.6 Å². The van der Waals surface area contributed by atoms with E-state index in [1.54, 1.807) is 0 Å². The number of nitrogens with zero attached hydrogens (tertiary/aromatic N) is 1. The third kappa shape index (κ3) is 2.73. The molecule has 0 aromatic heterocycles. The number of carbonyl (C=O) groups is 1. The van der Waals surface area contributed by atoms with Crippen molar-refractivity contribution < 1.29 is 4.79 Å². The Morgan fingerprint density at radius 2 is 1.84 bits per heavy atom. The van der Waals surface area contributed by atoms with E-state index in [4.69, 9.17) is 0 Å². The first kappa shape index (κ1) is 13.2. The third-order valence-electron chi connectivity index (χ3n) is 5.25. The van der Waals surface area contributed by atoms with Gasteiger partial charge >= 0.3 is 6.03 Å². The number of nitrogens with one attached hydrogen (secondary N) is 2. The van der Waals surface area contributed by atoms with Crippen molar-refractivity contribution in [3.63, 3.8) is 0 Å². The van der Waals surface area contributed by atoms with Crippen LogP contribution in [0.4, 0.5) is 4.79 Å². The van der Waals surface area contributed by atoms with Crippen molar-refractivity contribution in [1.82, 2.24) is 15.5 Å². The van der Waals surface area contributed by atoms with Crippen LogP contribution in [0.5, 0.6) is 0 Å². The van der Waals surface area contributed by atoms with Gasteiger partial charge in [-0.2, -0.15) is 0 Å². The van der Waals surface area contributed by atoms with Gasteiger partial charge in [0.1, 0.15) is 0 Å². The molecule has 0 bridgehead atoms. The molecule has 1 saturated heterocycles. The predicted octanol–water partition coefficient (Wildman–Crippen LogP) is 2.25. The minimum atomic E-state index is 0.110. The molecule has 0 aromatic carbocycles. The molecule has 108 valence electrons. The third-order valence-corrected chi connectivity index (χ3v) is 5.25. The van der Waals surface area contributed by atoms with Crippen LogP contribution in [0.3, 0.4) is 0 Å². The van der Waals surface area contributed by atoms with Crippen LogP contribution in [-0.2, 0) is 0 Å². The number of rotatable bonds is 1. The van der Waals surface area contributed by atoms with Gasteiger partial charge < -0.3 is 15.5 Å². The molecule has 0 radical (unpaired) electrons. The zero-order valence-electron chi connectivity index (χ0n) is 11.9. The molecule has 1 spiro atoms. The largest absolute Gasteiger partial charge is 0.335 e. The van der Waals surface area contributed by atoms with Crippen LogP contribution in [0, 0.1) is 0 Å². The fraction of sp³-hybridized carbons (Fsp3) is 0.933. The van der Waals surface area contributed by atoms with Crippen LogP contribution in [0.1, 0.15) is 57.8 Å². The summed E-state index contributed by atoms with van der Waals surface area (Å²) in [6, 6.07) is 0.637. The summed E-state index contributed by atoms with van der Waals surface area (Å²) in [6.45, 7) is 2.81. The van der Waals surface area contributed by atoms with E-state index in [2.05, 4.69) is 15.5 Å². The number of piperazine rings is 1. The van der Waals surface area contributed by atoms with Gasteiger partial charge in [-0.15, -0.1) is 0 Å². The zero-order valence-corrected chi connectivity index (χ0v) is 11.9. The normalized spacial score (nSPS) is 27.7. The Morgan fingerprint density at radius 3 is 2.58 bits per heavy atom. The summed E-state index contributed by atoms with van der Waals surface area (Å²) in [5.41, 5.74) is 0.110. The highest BCUT2D eigenvalue weighted by atomic mass is 16.2. The van der Waals surface area contributed by atoms with Crippen LogP contribution in [0.25, 0.3) is 0 Å². The lowest BCUT2D eigenvalue weighted by Gasteiger charge is -2.49. The Hall–Kier alpha value is -0.770. The number of urea groups is 1. The highest BCUT2D eigenvalue weighted by molar-refractivity contribution is 5.75. The van der Waals surface area contributed by atoms with Crippen LogP contribution >= 0.6 is 0 Å². The van der Waals surface area contributed by atoms with Crippen molar-refractivity contribution in [2.45, 2.75) is 69.4 Å². The summed E-state index contributed by atoms with van der Waals surface area (Å²) in [7, 11) is 0. The van der Waals surface area contributed by atoms with Crippen molar-refractivity contribution in [1.29, 1.82) is 0 Å². The van der Waals surface area contributed by atoms with E-state index < -0.39 is 0 Å². The average Bonchev–Trinajstić information content (AvgIpc) is 2.93. The second-order valence-corrected chi connectivity index (χ2v) is 6.54. The van der Waals surface area contributed by atoms with Crippen molar-refractivity contribution in [3.8, 4) is 0 Å². The van der Waals surface area contributed by atoms with Crippen molar-refractivity contribution >= 4 is 6.03 Å². The van der Waals surface area contributed by atoms with Crippen LogP contribution < -0.4 is 10.6 Å². The molecule has 2 amide bonds. The van der Waals surface area contributed by atoms with E-state index >= 15 is 0 Å². The quantitative estimate of drug-likeness (QED) is 0.764. The Kier molecular flexibility index (Phi) is 3.96. The van der Waals surface area contributed by atoms with Gasteiger partial charge in [0.25, 0.3) is 0 Å². The lowest BCUT2D eigenvalue weighted by molar-refractivity contribution is 0.0557. The van der Waals surface area contributed by atoms with Gasteiger partial charge in [0.2, 0.25) is 0 Å². The molecule has 4 nitrogen and oxygen atoms in total. The minimum Gasteiger partial charge on any atom is -0.335 e. The molecule has 2 saturated carbocycles. The fourth-order valence-corrected chi connectivity index (χ4v) is 4.14. The highest BCUT2D eigenvalue weighted by Crippen LogP contribution is 2.34. The number of amides is 2. The van der Waals surface area contributed by atoms with Gasteiger partial charge in [0.15, 0.2) is 0 Å². The maximum atomic E-state index is 12.6. The summed E-state index contributed by atoms with van der Waals surface area (Å²) in [6.07, 6.45) is 11.1. The van der Waals surface area contributed by atoms with Crippen LogP contribution in [0.15, 0.2) is 0 Å². The van der Waals surface area contributed by atoms with Crippen LogP contribution in [0.2, 0.25) is 0 Å². The molecule has 3 fully saturated rings. The maximum Gasteiger partial charge on any atom is 0.318 e. The fourth-order valence-electron chi connectivity index (χ4n) is 4.14. The summed E-state index contributed by atoms with van der Waals surface area (Å²) in [4.78, 5) is 14.8. The first-order chi connectivity index (χ1) is 9.30. The molecule has 0 aromatic rings. The molecular formula is C15H27N3O. The molecule has 3 rings (SSSR count). The monoisotopic (exact) mass is 265 g/mol. The molecule has 0 atom stereocenters. The lowest BCUT2D eigenvalue weighted by Crippen LogP contribution is -2.66. The molecule has 19 heavy (non-hydrogen) atoms. The van der Waals surface area contributed by atoms with Crippen LogP contribution in [-0.4, -0.2) is 42.1 Å². The Balaban J connectivity index is 1.66. The molecule has 3 aliphatic rings. The van der Waals surface area contributed by atoms with E-state index in [1.165, 1.54) is 57.8 Å². The average molecular weight is 265 g/mol. The standard InChI is InChI=1S/C15H27N3O/c19-14(17-13-6-2-3-7-13)18-11-10-16-12-15(18)8-4-1-5-9-15/h13,16H,1-12H2,(H,17,19). The Morgan fingerprint density at radius 1 is 1.11 bits per heavy atom. The maximum absolute atomic E-state index is 12.6. The van der Waals surface area contributed by atoms with Crippen molar-refractivity contribution in [3.05, 3.63) is 0 Å². The van der Waals surface area contributed by atoms with E-state index in [1.807, 2.05) is 0 Å². The molecular weight excluding hydrogens is 238 g/mol. The van der Waals surface area contributed by atoms with E-state index in [0.29, 0.717) is 6.04 Å². The summed E-state index contributed by atoms with van der Waals surface area (Å²) < 4.78 is 0. The Labute approximate surface area is 116 Å². The van der Waals surface area contributed by atoms with E-state index in [9.17, 15) is 4.79 Å². The van der Waals surface area contributed by atoms with Gasteiger partial charge in [-0.3, -0.25) is 0 Å². The molecule has 4 heteroatoms. The number of hydrogen-bond donors (Lipinski definition) is 2. The molecule has 2 aliphatic carbocycles. The topological polar surface area (TPSA) is 44.4 Å². The van der Waals surface area contributed by atoms with Gasteiger partial charge in [0.05, 0.1) is 5.54 Å². The van der Waals surface area contributed by atoms with E-state index in [-0.39, 0.29) is 11.6 Å². The minimum absolute atomic E-state index is 0.110. The first-order valence-corrected chi connectivity index (χ1v) is 8.09. The van der Waals surface area contributed by atoms with Gasteiger partial charge in [-0.05, 0) is 25.7 Å². The molecule has 1 aliphatic heterocycles. The summed E-state index contributed by atoms with van der Waals surface area (Å²) in [5.74, 6) is 0. The van der Waals surface area contributed by atoms with E-state index in [0.717, 1.165) is 19.6 Å². The van der Waals surface area contributed by atoms with Gasteiger partial charge in [-0.25, -0.2) is 4.79 Å².